The van der Waals surface area contributed by atoms with Gasteiger partial charge in [-0.05, 0) is 37.2 Å². The number of hydrogen-bond acceptors (Lipinski definition) is 4. The highest BCUT2D eigenvalue weighted by atomic mass is 32.4. The van der Waals surface area contributed by atoms with Gasteiger partial charge >= 0.3 is 5.97 Å². The third-order valence-electron chi connectivity index (χ3n) is 2.96. The van der Waals surface area contributed by atoms with Gasteiger partial charge in [0, 0.05) is 6.42 Å². The molecular weight excluding hydrogens is 344 g/mol. The fraction of sp³-hybridized carbons (Fsp3) is 0.938. The number of carbonyl (C=O) groups excluding carboxylic acids is 1. The summed E-state index contributed by atoms with van der Waals surface area (Å²) in [5.41, 5.74) is 0. The second-order valence-corrected chi connectivity index (χ2v) is 26.6. The molecule has 0 aromatic rings. The van der Waals surface area contributed by atoms with Crippen LogP contribution in [0.25, 0.3) is 0 Å². The molecule has 132 valence electrons. The van der Waals surface area contributed by atoms with Crippen LogP contribution in [0.1, 0.15) is 39.0 Å². The molecule has 0 saturated carbocycles. The second kappa shape index (κ2) is 11.2. The summed E-state index contributed by atoms with van der Waals surface area (Å²) < 4.78 is 5.00. The number of hydrogen-bond donors (Lipinski definition) is 0. The van der Waals surface area contributed by atoms with Gasteiger partial charge in [0.2, 0.25) is 0 Å². The molecule has 0 aliphatic carbocycles. The summed E-state index contributed by atoms with van der Waals surface area (Å²) in [5, 5.41) is 0.776. The van der Waals surface area contributed by atoms with Crippen molar-refractivity contribution in [2.45, 2.75) is 83.6 Å². The fourth-order valence-electron chi connectivity index (χ4n) is 2.13. The van der Waals surface area contributed by atoms with Crippen LogP contribution < -0.4 is 0 Å². The first-order chi connectivity index (χ1) is 10.0. The highest BCUT2D eigenvalue weighted by Crippen LogP contribution is 2.32. The number of unbranched alkanes of at least 4 members (excludes halogenated alkanes) is 1. The van der Waals surface area contributed by atoms with Crippen molar-refractivity contribution in [3.05, 3.63) is 0 Å². The lowest BCUT2D eigenvalue weighted by Gasteiger charge is -2.25. The van der Waals surface area contributed by atoms with Gasteiger partial charge in [-0.15, -0.1) is 0 Å². The minimum absolute atomic E-state index is 0.0359. The average molecular weight is 381 g/mol. The van der Waals surface area contributed by atoms with E-state index in [0.29, 0.717) is 13.0 Å². The first-order valence-corrected chi connectivity index (χ1v) is 18.8. The van der Waals surface area contributed by atoms with Crippen molar-refractivity contribution in [1.82, 2.24) is 0 Å². The molecular formula is C16H36O2S2Si2. The molecule has 0 rings (SSSR count). The van der Waals surface area contributed by atoms with Crippen LogP contribution in [0.5, 0.6) is 0 Å². The fourth-order valence-corrected chi connectivity index (χ4v) is 10.7. The zero-order valence-electron chi connectivity index (χ0n) is 15.7. The van der Waals surface area contributed by atoms with Crippen LogP contribution in [0.4, 0.5) is 0 Å². The minimum atomic E-state index is -1.08. The molecule has 0 aliphatic heterocycles. The van der Waals surface area contributed by atoms with Crippen molar-refractivity contribution >= 4 is 42.8 Å². The maximum absolute atomic E-state index is 11.4. The van der Waals surface area contributed by atoms with E-state index in [-0.39, 0.29) is 5.97 Å². The average Bonchev–Trinajstić information content (AvgIpc) is 2.31. The maximum Gasteiger partial charge on any atom is 0.305 e. The number of esters is 1. The van der Waals surface area contributed by atoms with Crippen molar-refractivity contribution in [2.24, 2.45) is 0 Å². The zero-order chi connectivity index (χ0) is 17.2. The SMILES string of the molecule is CCOC(=O)CCCCC(CCS[Si](C)(C)C)S[Si](C)(C)C. The van der Waals surface area contributed by atoms with Crippen molar-refractivity contribution < 1.29 is 9.53 Å². The minimum Gasteiger partial charge on any atom is -0.466 e. The third kappa shape index (κ3) is 15.5. The normalized spacial score (nSPS) is 14.0. The van der Waals surface area contributed by atoms with Gasteiger partial charge in [0.1, 0.15) is 14.4 Å². The van der Waals surface area contributed by atoms with E-state index >= 15 is 0 Å². The summed E-state index contributed by atoms with van der Waals surface area (Å²) in [5.74, 6) is 1.27. The molecule has 0 saturated heterocycles. The first kappa shape index (κ1) is 22.6. The van der Waals surface area contributed by atoms with Crippen molar-refractivity contribution in [2.75, 3.05) is 12.4 Å². The quantitative estimate of drug-likeness (QED) is 0.235. The van der Waals surface area contributed by atoms with E-state index in [2.05, 4.69) is 61.7 Å². The van der Waals surface area contributed by atoms with Gasteiger partial charge in [0.15, 0.2) is 0 Å². The molecule has 1 atom stereocenters. The van der Waals surface area contributed by atoms with Crippen molar-refractivity contribution in [3.8, 4) is 0 Å². The highest BCUT2D eigenvalue weighted by molar-refractivity contribution is 8.29. The summed E-state index contributed by atoms with van der Waals surface area (Å²) >= 11 is 4.45. The standard InChI is InChI=1S/C16H36O2S2Si2/c1-8-18-16(17)12-10-9-11-15(20-22(5,6)7)13-14-19-21(2,3)4/h15H,8-14H2,1-7H3. The van der Waals surface area contributed by atoms with Crippen LogP contribution in [0, 0.1) is 0 Å². The molecule has 0 amide bonds. The van der Waals surface area contributed by atoms with Gasteiger partial charge in [0.25, 0.3) is 0 Å². The van der Waals surface area contributed by atoms with Gasteiger partial charge in [-0.3, -0.25) is 4.79 Å². The van der Waals surface area contributed by atoms with E-state index in [4.69, 9.17) is 4.74 Å². The Kier molecular flexibility index (Phi) is 11.5. The Morgan fingerprint density at radius 1 is 1.00 bits per heavy atom. The summed E-state index contributed by atoms with van der Waals surface area (Å²) in [7, 11) is -2.07. The molecule has 0 aromatic carbocycles. The maximum atomic E-state index is 11.4. The van der Waals surface area contributed by atoms with Crippen LogP contribution in [0.2, 0.25) is 39.3 Å². The monoisotopic (exact) mass is 380 g/mol. The molecule has 0 heterocycles. The lowest BCUT2D eigenvalue weighted by molar-refractivity contribution is -0.143. The van der Waals surface area contributed by atoms with Crippen LogP contribution in [-0.4, -0.2) is 38.0 Å². The smallest absolute Gasteiger partial charge is 0.305 e. The Hall–Kier alpha value is 0.604. The van der Waals surface area contributed by atoms with E-state index in [1.54, 1.807) is 0 Å². The molecule has 0 bridgehead atoms. The highest BCUT2D eigenvalue weighted by Gasteiger charge is 2.22. The molecule has 0 radical (unpaired) electrons. The molecule has 6 heteroatoms. The van der Waals surface area contributed by atoms with E-state index in [0.717, 1.165) is 18.1 Å². The van der Waals surface area contributed by atoms with Crippen LogP contribution in [0.15, 0.2) is 0 Å². The van der Waals surface area contributed by atoms with E-state index in [9.17, 15) is 4.79 Å². The topological polar surface area (TPSA) is 26.3 Å². The number of ether oxygens (including phenoxy) is 1. The zero-order valence-corrected chi connectivity index (χ0v) is 19.3. The Bertz CT molecular complexity index is 312. The Morgan fingerprint density at radius 2 is 1.64 bits per heavy atom. The number of carbonyl (C=O) groups is 1. The van der Waals surface area contributed by atoms with Crippen molar-refractivity contribution in [1.29, 1.82) is 0 Å². The molecule has 0 spiro atoms. The molecule has 0 aliphatic rings. The van der Waals surface area contributed by atoms with Gasteiger partial charge in [-0.25, -0.2) is 0 Å². The summed E-state index contributed by atoms with van der Waals surface area (Å²) in [6.45, 7) is 17.0. The molecule has 0 aromatic heterocycles. The molecule has 22 heavy (non-hydrogen) atoms. The molecule has 0 fully saturated rings. The lowest BCUT2D eigenvalue weighted by Crippen LogP contribution is -2.22. The lowest BCUT2D eigenvalue weighted by atomic mass is 10.1. The molecule has 1 unspecified atom stereocenters. The third-order valence-corrected chi connectivity index (χ3v) is 12.1. The second-order valence-electron chi connectivity index (χ2n) is 7.65. The largest absolute Gasteiger partial charge is 0.466 e. The van der Waals surface area contributed by atoms with Crippen LogP contribution >= 0.6 is 22.4 Å². The van der Waals surface area contributed by atoms with Gasteiger partial charge in [-0.1, -0.05) is 45.7 Å². The summed E-state index contributed by atoms with van der Waals surface area (Å²) in [4.78, 5) is 11.4. The molecule has 0 N–H and O–H groups in total. The van der Waals surface area contributed by atoms with E-state index < -0.39 is 14.4 Å². The van der Waals surface area contributed by atoms with Gasteiger partial charge < -0.3 is 4.74 Å². The Balaban J connectivity index is 4.11. The van der Waals surface area contributed by atoms with Crippen molar-refractivity contribution in [3.63, 3.8) is 0 Å². The predicted molar refractivity (Wildman–Crippen MR) is 110 cm³/mol. The van der Waals surface area contributed by atoms with Crippen LogP contribution in [0.3, 0.4) is 0 Å². The van der Waals surface area contributed by atoms with Crippen LogP contribution in [-0.2, 0) is 9.53 Å². The Labute approximate surface area is 148 Å². The predicted octanol–water partition coefficient (Wildman–Crippen LogP) is 6.00. The van der Waals surface area contributed by atoms with E-state index in [1.165, 1.54) is 18.6 Å². The van der Waals surface area contributed by atoms with Gasteiger partial charge in [-0.2, -0.15) is 22.4 Å². The van der Waals surface area contributed by atoms with E-state index in [1.807, 2.05) is 6.92 Å². The summed E-state index contributed by atoms with van der Waals surface area (Å²) in [6, 6.07) is 0. The van der Waals surface area contributed by atoms with Gasteiger partial charge in [0.05, 0.1) is 6.61 Å². The summed E-state index contributed by atoms with van der Waals surface area (Å²) in [6.07, 6.45) is 5.28. The first-order valence-electron chi connectivity index (χ1n) is 8.51. The Morgan fingerprint density at radius 3 is 2.14 bits per heavy atom. The number of rotatable bonds is 12. The molecule has 2 nitrogen and oxygen atoms in total.